The predicted octanol–water partition coefficient (Wildman–Crippen LogP) is 3.46. The number of carbonyl (C=O) groups excluding carboxylic acids is 1. The van der Waals surface area contributed by atoms with Gasteiger partial charge in [-0.1, -0.05) is 25.1 Å². The molecule has 1 aromatic carbocycles. The molecule has 1 saturated heterocycles. The van der Waals surface area contributed by atoms with Crippen LogP contribution in [0.2, 0.25) is 0 Å². The number of hydrogen-bond acceptors (Lipinski definition) is 2. The van der Waals surface area contributed by atoms with Crippen LogP contribution in [0.4, 0.5) is 4.39 Å². The van der Waals surface area contributed by atoms with Crippen molar-refractivity contribution in [1.82, 2.24) is 14.5 Å². The Balaban J connectivity index is 1.54. The van der Waals surface area contributed by atoms with Crippen LogP contribution in [0.5, 0.6) is 0 Å². The van der Waals surface area contributed by atoms with E-state index in [1.54, 1.807) is 12.3 Å². The molecule has 3 rings (SSSR count). The van der Waals surface area contributed by atoms with Crippen molar-refractivity contribution in [3.8, 4) is 0 Å². The maximum atomic E-state index is 13.8. The average Bonchev–Trinajstić information content (AvgIpc) is 3.08. The number of aromatic nitrogens is 2. The van der Waals surface area contributed by atoms with E-state index < -0.39 is 0 Å². The lowest BCUT2D eigenvalue weighted by molar-refractivity contribution is -0.133. The van der Waals surface area contributed by atoms with Crippen molar-refractivity contribution in [2.45, 2.75) is 45.6 Å². The van der Waals surface area contributed by atoms with Crippen molar-refractivity contribution in [2.75, 3.05) is 13.1 Å². The predicted molar refractivity (Wildman–Crippen MR) is 95.6 cm³/mol. The van der Waals surface area contributed by atoms with Gasteiger partial charge in [0, 0.05) is 31.9 Å². The zero-order valence-electron chi connectivity index (χ0n) is 14.8. The number of halogens is 1. The van der Waals surface area contributed by atoms with Crippen LogP contribution in [0.3, 0.4) is 0 Å². The van der Waals surface area contributed by atoms with E-state index in [0.717, 1.165) is 56.6 Å². The lowest BCUT2D eigenvalue weighted by Crippen LogP contribution is -2.41. The van der Waals surface area contributed by atoms with Gasteiger partial charge in [-0.15, -0.1) is 0 Å². The van der Waals surface area contributed by atoms with Crippen molar-refractivity contribution in [3.63, 3.8) is 0 Å². The molecule has 2 aromatic rings. The number of rotatable bonds is 6. The lowest BCUT2D eigenvalue weighted by Gasteiger charge is -2.33. The summed E-state index contributed by atoms with van der Waals surface area (Å²) < 4.78 is 15.7. The summed E-state index contributed by atoms with van der Waals surface area (Å²) in [6, 6.07) is 6.97. The van der Waals surface area contributed by atoms with Crippen LogP contribution >= 0.6 is 0 Å². The molecule has 25 heavy (non-hydrogen) atoms. The molecule has 134 valence electrons. The van der Waals surface area contributed by atoms with E-state index in [2.05, 4.69) is 4.98 Å². The van der Waals surface area contributed by atoms with Crippen LogP contribution in [0.25, 0.3) is 0 Å². The number of amides is 1. The molecule has 0 N–H and O–H groups in total. The molecule has 1 atom stereocenters. The molecule has 1 aromatic heterocycles. The molecular weight excluding hydrogens is 317 g/mol. The molecule has 1 fully saturated rings. The maximum Gasteiger partial charge on any atom is 0.242 e. The Morgan fingerprint density at radius 2 is 2.20 bits per heavy atom. The fourth-order valence-electron chi connectivity index (χ4n) is 3.63. The summed E-state index contributed by atoms with van der Waals surface area (Å²) >= 11 is 0. The van der Waals surface area contributed by atoms with E-state index in [4.69, 9.17) is 0 Å². The molecule has 1 aliphatic heterocycles. The van der Waals surface area contributed by atoms with E-state index in [0.29, 0.717) is 12.5 Å². The van der Waals surface area contributed by atoms with Gasteiger partial charge in [-0.2, -0.15) is 0 Å². The molecule has 0 radical (unpaired) electrons. The molecule has 1 amide bonds. The first-order valence-corrected chi connectivity index (χ1v) is 9.18. The number of nitrogens with zero attached hydrogens (tertiary/aromatic N) is 3. The second kappa shape index (κ2) is 8.28. The van der Waals surface area contributed by atoms with Gasteiger partial charge >= 0.3 is 0 Å². The Bertz CT molecular complexity index is 712. The van der Waals surface area contributed by atoms with Gasteiger partial charge in [0.15, 0.2) is 0 Å². The highest BCUT2D eigenvalue weighted by Crippen LogP contribution is 2.22. The SMILES string of the molecule is CCc1nccn1CC(=O)N1CCC[C@@H](CCc2ccccc2F)C1. The molecule has 0 bridgehead atoms. The van der Waals surface area contributed by atoms with Gasteiger partial charge in [0.05, 0.1) is 0 Å². The Morgan fingerprint density at radius 1 is 1.36 bits per heavy atom. The zero-order chi connectivity index (χ0) is 17.6. The van der Waals surface area contributed by atoms with Gasteiger partial charge in [0.25, 0.3) is 0 Å². The number of likely N-dealkylation sites (tertiary alicyclic amines) is 1. The first kappa shape index (κ1) is 17.6. The Morgan fingerprint density at radius 3 is 3.00 bits per heavy atom. The fourth-order valence-corrected chi connectivity index (χ4v) is 3.63. The van der Waals surface area contributed by atoms with Crippen LogP contribution < -0.4 is 0 Å². The number of piperidine rings is 1. The maximum absolute atomic E-state index is 13.8. The molecule has 1 aliphatic rings. The van der Waals surface area contributed by atoms with Gasteiger partial charge in [-0.3, -0.25) is 4.79 Å². The monoisotopic (exact) mass is 343 g/mol. The Kier molecular flexibility index (Phi) is 5.84. The molecular formula is C20H26FN3O. The Hall–Kier alpha value is -2.17. The average molecular weight is 343 g/mol. The second-order valence-corrected chi connectivity index (χ2v) is 6.80. The van der Waals surface area contributed by atoms with Gasteiger partial charge < -0.3 is 9.47 Å². The van der Waals surface area contributed by atoms with E-state index in [9.17, 15) is 9.18 Å². The number of carbonyl (C=O) groups is 1. The van der Waals surface area contributed by atoms with Crippen LogP contribution in [0, 0.1) is 11.7 Å². The standard InChI is InChI=1S/C20H26FN3O/c1-2-19-22-11-13-23(19)15-20(25)24-12-5-6-16(14-24)9-10-17-7-3-4-8-18(17)21/h3-4,7-8,11,13,16H,2,5-6,9-10,12,14-15H2,1H3/t16-/m0/s1. The fraction of sp³-hybridized carbons (Fsp3) is 0.500. The largest absolute Gasteiger partial charge is 0.341 e. The van der Waals surface area contributed by atoms with Crippen molar-refractivity contribution < 1.29 is 9.18 Å². The summed E-state index contributed by atoms with van der Waals surface area (Å²) in [5.74, 6) is 1.42. The number of imidazole rings is 1. The molecule has 0 aliphatic carbocycles. The smallest absolute Gasteiger partial charge is 0.242 e. The molecule has 0 unspecified atom stereocenters. The number of aryl methyl sites for hydroxylation is 2. The first-order chi connectivity index (χ1) is 12.2. The minimum absolute atomic E-state index is 0.126. The van der Waals surface area contributed by atoms with Crippen molar-refractivity contribution in [2.24, 2.45) is 5.92 Å². The molecule has 0 saturated carbocycles. The van der Waals surface area contributed by atoms with Crippen LogP contribution in [0.15, 0.2) is 36.7 Å². The summed E-state index contributed by atoms with van der Waals surface area (Å²) in [6.07, 6.45) is 8.25. The summed E-state index contributed by atoms with van der Waals surface area (Å²) in [6.45, 7) is 4.01. The van der Waals surface area contributed by atoms with Crippen molar-refractivity contribution in [1.29, 1.82) is 0 Å². The van der Waals surface area contributed by atoms with Gasteiger partial charge in [-0.25, -0.2) is 9.37 Å². The van der Waals surface area contributed by atoms with Gasteiger partial charge in [0.2, 0.25) is 5.91 Å². The van der Waals surface area contributed by atoms with E-state index >= 15 is 0 Å². The summed E-state index contributed by atoms with van der Waals surface area (Å²) in [4.78, 5) is 18.9. The molecule has 2 heterocycles. The first-order valence-electron chi connectivity index (χ1n) is 9.18. The summed E-state index contributed by atoms with van der Waals surface area (Å²) in [7, 11) is 0. The Labute approximate surface area is 148 Å². The number of benzene rings is 1. The topological polar surface area (TPSA) is 38.1 Å². The van der Waals surface area contributed by atoms with Crippen LogP contribution in [-0.4, -0.2) is 33.4 Å². The summed E-state index contributed by atoms with van der Waals surface area (Å²) in [5, 5.41) is 0. The van der Waals surface area contributed by atoms with Crippen molar-refractivity contribution >= 4 is 5.91 Å². The van der Waals surface area contributed by atoms with Crippen LogP contribution in [-0.2, 0) is 24.2 Å². The third kappa shape index (κ3) is 4.47. The lowest BCUT2D eigenvalue weighted by atomic mass is 9.91. The quantitative estimate of drug-likeness (QED) is 0.806. The molecule has 0 spiro atoms. The minimum Gasteiger partial charge on any atom is -0.341 e. The second-order valence-electron chi connectivity index (χ2n) is 6.80. The highest BCUT2D eigenvalue weighted by molar-refractivity contribution is 5.76. The van der Waals surface area contributed by atoms with Gasteiger partial charge in [-0.05, 0) is 43.2 Å². The van der Waals surface area contributed by atoms with Crippen molar-refractivity contribution in [3.05, 3.63) is 53.9 Å². The van der Waals surface area contributed by atoms with Crippen LogP contribution in [0.1, 0.15) is 37.6 Å². The van der Waals surface area contributed by atoms with Gasteiger partial charge in [0.1, 0.15) is 18.2 Å². The third-order valence-corrected chi connectivity index (χ3v) is 5.07. The molecule has 4 nitrogen and oxygen atoms in total. The number of hydrogen-bond donors (Lipinski definition) is 0. The van der Waals surface area contributed by atoms with E-state index in [1.807, 2.05) is 34.7 Å². The van der Waals surface area contributed by atoms with E-state index in [1.165, 1.54) is 6.07 Å². The molecule has 5 heteroatoms. The zero-order valence-corrected chi connectivity index (χ0v) is 14.8. The highest BCUT2D eigenvalue weighted by Gasteiger charge is 2.24. The minimum atomic E-state index is -0.126. The summed E-state index contributed by atoms with van der Waals surface area (Å²) in [5.41, 5.74) is 0.775. The van der Waals surface area contributed by atoms with E-state index in [-0.39, 0.29) is 11.7 Å². The third-order valence-electron chi connectivity index (χ3n) is 5.07. The normalized spacial score (nSPS) is 17.7. The highest BCUT2D eigenvalue weighted by atomic mass is 19.1.